The van der Waals surface area contributed by atoms with E-state index >= 15 is 0 Å². The van der Waals surface area contributed by atoms with E-state index in [1.807, 2.05) is 36.4 Å². The van der Waals surface area contributed by atoms with Crippen LogP contribution in [0.15, 0.2) is 48.5 Å². The van der Waals surface area contributed by atoms with Gasteiger partial charge < -0.3 is 15.2 Å². The van der Waals surface area contributed by atoms with Gasteiger partial charge >= 0.3 is 57.4 Å². The Hall–Kier alpha value is -0.954. The fraction of sp³-hybridized carbons (Fsp3) is 0.211. The molecule has 1 heterocycles. The minimum atomic E-state index is -1.16. The van der Waals surface area contributed by atoms with Crippen molar-refractivity contribution in [3.05, 3.63) is 54.1 Å². The van der Waals surface area contributed by atoms with E-state index in [-0.39, 0.29) is 58.0 Å². The molecule has 0 spiro atoms. The predicted octanol–water partition coefficient (Wildman–Crippen LogP) is -0.244. The largest absolute Gasteiger partial charge is 1.00 e. The first-order valence-electron chi connectivity index (χ1n) is 7.73. The van der Waals surface area contributed by atoms with Crippen LogP contribution < -0.4 is 61.8 Å². The number of esters is 1. The molecule has 1 aliphatic rings. The second kappa shape index (κ2) is 7.12. The summed E-state index contributed by atoms with van der Waals surface area (Å²) in [6.45, 7) is 2.01. The minimum absolute atomic E-state index is 0. The van der Waals surface area contributed by atoms with Crippen molar-refractivity contribution < 1.29 is 66.0 Å². The molecule has 0 bridgehead atoms. The molecule has 116 valence electrons. The van der Waals surface area contributed by atoms with Crippen molar-refractivity contribution in [1.29, 1.82) is 0 Å². The maximum Gasteiger partial charge on any atom is 1.00 e. The average Bonchev–Trinajstić information content (AvgIpc) is 2.90. The van der Waals surface area contributed by atoms with Crippen molar-refractivity contribution in [2.45, 2.75) is 19.1 Å². The van der Waals surface area contributed by atoms with Crippen LogP contribution >= 0.6 is 0 Å². The topological polar surface area (TPSA) is 61.4 Å². The van der Waals surface area contributed by atoms with E-state index in [2.05, 4.69) is 17.4 Å². The molecular weight excluding hydrogens is 329 g/mol. The molecule has 0 fully saturated rings. The molecule has 5 heteroatoms. The summed E-state index contributed by atoms with van der Waals surface area (Å²) in [5, 5.41) is 19.9. The van der Waals surface area contributed by atoms with Crippen LogP contribution in [0.2, 0.25) is 0 Å². The second-order valence-electron chi connectivity index (χ2n) is 5.74. The van der Waals surface area contributed by atoms with Gasteiger partial charge in [0.15, 0.2) is 0 Å². The van der Waals surface area contributed by atoms with Crippen molar-refractivity contribution in [1.82, 2.24) is 0 Å². The fourth-order valence-electron chi connectivity index (χ4n) is 3.29. The van der Waals surface area contributed by atoms with Gasteiger partial charge in [-0.3, -0.25) is 0 Å². The standard InChI is InChI=1S/C19H16NO3.K/c1-2-23-19(22)17-18(21)16-14-10-12-6-4-3-5-11(12)9-13(14)7-8-15(16)20-17;/h3-10,17-18,20H,2H2,1H3;/q-1;+1. The van der Waals surface area contributed by atoms with Gasteiger partial charge in [-0.05, 0) is 52.2 Å². The molecule has 0 aromatic heterocycles. The molecule has 0 saturated carbocycles. The number of benzene rings is 3. The van der Waals surface area contributed by atoms with Gasteiger partial charge in [-0.2, -0.15) is 0 Å². The van der Waals surface area contributed by atoms with E-state index in [1.54, 1.807) is 6.92 Å². The molecule has 1 N–H and O–H groups in total. The van der Waals surface area contributed by atoms with Gasteiger partial charge in [0.1, 0.15) is 6.04 Å². The van der Waals surface area contributed by atoms with E-state index in [9.17, 15) is 9.90 Å². The van der Waals surface area contributed by atoms with Crippen LogP contribution in [-0.2, 0) is 9.53 Å². The molecule has 4 nitrogen and oxygen atoms in total. The number of carbonyl (C=O) groups is 1. The predicted molar refractivity (Wildman–Crippen MR) is 88.2 cm³/mol. The molecule has 3 aromatic carbocycles. The molecule has 2 unspecified atom stereocenters. The average molecular weight is 345 g/mol. The van der Waals surface area contributed by atoms with Crippen LogP contribution in [0.25, 0.3) is 21.5 Å². The van der Waals surface area contributed by atoms with E-state index in [0.29, 0.717) is 5.56 Å². The smallest absolute Gasteiger partial charge is 0.847 e. The van der Waals surface area contributed by atoms with Crippen molar-refractivity contribution >= 4 is 33.2 Å². The van der Waals surface area contributed by atoms with E-state index < -0.39 is 18.1 Å². The van der Waals surface area contributed by atoms with Gasteiger partial charge in [0.05, 0.1) is 6.61 Å². The number of fused-ring (bicyclic) bond motifs is 4. The number of nitrogens with one attached hydrogen (secondary N) is 1. The normalized spacial score (nSPS) is 18.8. The molecule has 24 heavy (non-hydrogen) atoms. The van der Waals surface area contributed by atoms with Gasteiger partial charge in [-0.1, -0.05) is 36.4 Å². The first-order valence-corrected chi connectivity index (χ1v) is 7.73. The Morgan fingerprint density at radius 2 is 1.83 bits per heavy atom. The van der Waals surface area contributed by atoms with Crippen molar-refractivity contribution in [2.24, 2.45) is 0 Å². The quantitative estimate of drug-likeness (QED) is 0.395. The number of hydrogen-bond donors (Lipinski definition) is 1. The Morgan fingerprint density at radius 1 is 1.12 bits per heavy atom. The fourth-order valence-corrected chi connectivity index (χ4v) is 3.29. The van der Waals surface area contributed by atoms with Gasteiger partial charge in [0.25, 0.3) is 0 Å². The van der Waals surface area contributed by atoms with E-state index in [0.717, 1.165) is 27.2 Å². The zero-order valence-electron chi connectivity index (χ0n) is 13.7. The molecule has 2 atom stereocenters. The SMILES string of the molecule is CCOC(=O)C1Nc2ccc3cc4ccccc4cc3c2C1[O-].[K+]. The summed E-state index contributed by atoms with van der Waals surface area (Å²) >= 11 is 0. The first kappa shape index (κ1) is 17.9. The monoisotopic (exact) mass is 345 g/mol. The van der Waals surface area contributed by atoms with Crippen molar-refractivity contribution in [3.63, 3.8) is 0 Å². The summed E-state index contributed by atoms with van der Waals surface area (Å²) in [5.41, 5.74) is 1.39. The molecule has 0 radical (unpaired) electrons. The maximum atomic E-state index is 12.8. The Kier molecular flexibility index (Phi) is 5.29. The van der Waals surface area contributed by atoms with E-state index in [1.165, 1.54) is 0 Å². The third-order valence-electron chi connectivity index (χ3n) is 4.37. The van der Waals surface area contributed by atoms with Crippen molar-refractivity contribution in [3.8, 4) is 0 Å². The third kappa shape index (κ3) is 2.90. The van der Waals surface area contributed by atoms with Crippen LogP contribution in [0, 0.1) is 0 Å². The van der Waals surface area contributed by atoms with E-state index in [4.69, 9.17) is 4.74 Å². The summed E-state index contributed by atoms with van der Waals surface area (Å²) < 4.78 is 5.01. The number of ether oxygens (including phenoxy) is 1. The summed E-state index contributed by atoms with van der Waals surface area (Å²) in [5.74, 6) is -0.488. The Balaban J connectivity index is 0.00000169. The van der Waals surface area contributed by atoms with Crippen LogP contribution in [0.3, 0.4) is 0 Å². The Morgan fingerprint density at radius 3 is 2.54 bits per heavy atom. The third-order valence-corrected chi connectivity index (χ3v) is 4.37. The summed E-state index contributed by atoms with van der Waals surface area (Å²) in [6.07, 6.45) is -1.16. The number of rotatable bonds is 2. The maximum absolute atomic E-state index is 12.8. The molecule has 0 amide bonds. The summed E-state index contributed by atoms with van der Waals surface area (Å²) in [6, 6.07) is 15.2. The molecule has 1 aliphatic heterocycles. The molecular formula is C19H16KNO3. The Bertz CT molecular complexity index is 925. The first-order chi connectivity index (χ1) is 11.2. The zero-order chi connectivity index (χ0) is 16.0. The molecule has 4 rings (SSSR count). The molecule has 3 aromatic rings. The van der Waals surface area contributed by atoms with Gasteiger partial charge in [0.2, 0.25) is 0 Å². The minimum Gasteiger partial charge on any atom is -0.847 e. The number of hydrogen-bond acceptors (Lipinski definition) is 4. The van der Waals surface area contributed by atoms with Crippen LogP contribution in [0.5, 0.6) is 0 Å². The number of anilines is 1. The summed E-state index contributed by atoms with van der Waals surface area (Å²) in [4.78, 5) is 12.0. The number of carbonyl (C=O) groups excluding carboxylic acids is 1. The van der Waals surface area contributed by atoms with Gasteiger partial charge in [-0.15, -0.1) is 0 Å². The second-order valence-corrected chi connectivity index (χ2v) is 5.74. The van der Waals surface area contributed by atoms with Crippen LogP contribution in [0.1, 0.15) is 18.6 Å². The van der Waals surface area contributed by atoms with Crippen molar-refractivity contribution in [2.75, 3.05) is 11.9 Å². The van der Waals surface area contributed by atoms with Gasteiger partial charge in [0, 0.05) is 5.69 Å². The van der Waals surface area contributed by atoms with Crippen LogP contribution in [0.4, 0.5) is 5.69 Å². The summed E-state index contributed by atoms with van der Waals surface area (Å²) in [7, 11) is 0. The molecule has 0 aliphatic carbocycles. The van der Waals surface area contributed by atoms with Crippen LogP contribution in [-0.4, -0.2) is 18.6 Å². The Labute approximate surface area is 182 Å². The molecule has 0 saturated heterocycles. The zero-order valence-corrected chi connectivity index (χ0v) is 16.8. The van der Waals surface area contributed by atoms with Gasteiger partial charge in [-0.25, -0.2) is 4.79 Å².